The van der Waals surface area contributed by atoms with Crippen LogP contribution in [0.5, 0.6) is 0 Å². The molecule has 1 amide bonds. The minimum atomic E-state index is -1.10. The SMILES string of the molecule is CC(C)C(C(=O)O)C(=O)Nc1ccc[nH]1. The highest BCUT2D eigenvalue weighted by Gasteiger charge is 2.29. The van der Waals surface area contributed by atoms with Crippen LogP contribution in [0.25, 0.3) is 0 Å². The quantitative estimate of drug-likeness (QED) is 0.655. The van der Waals surface area contributed by atoms with Gasteiger partial charge in [0, 0.05) is 6.20 Å². The van der Waals surface area contributed by atoms with Gasteiger partial charge in [-0.25, -0.2) is 0 Å². The molecule has 1 rings (SSSR count). The molecule has 1 aromatic heterocycles. The number of carboxylic acid groups (broad SMARTS) is 1. The zero-order valence-corrected chi connectivity index (χ0v) is 8.65. The lowest BCUT2D eigenvalue weighted by Gasteiger charge is -2.14. The summed E-state index contributed by atoms with van der Waals surface area (Å²) < 4.78 is 0. The third kappa shape index (κ3) is 2.83. The van der Waals surface area contributed by atoms with Crippen molar-refractivity contribution in [1.29, 1.82) is 0 Å². The van der Waals surface area contributed by atoms with Crippen LogP contribution < -0.4 is 5.32 Å². The van der Waals surface area contributed by atoms with Gasteiger partial charge in [0.05, 0.1) is 0 Å². The smallest absolute Gasteiger partial charge is 0.316 e. The van der Waals surface area contributed by atoms with Gasteiger partial charge < -0.3 is 15.4 Å². The van der Waals surface area contributed by atoms with E-state index in [0.29, 0.717) is 5.82 Å². The molecule has 82 valence electrons. The fourth-order valence-corrected chi connectivity index (χ4v) is 1.32. The number of rotatable bonds is 4. The molecule has 0 aliphatic heterocycles. The van der Waals surface area contributed by atoms with E-state index in [2.05, 4.69) is 10.3 Å². The van der Waals surface area contributed by atoms with Crippen LogP contribution in [-0.4, -0.2) is 22.0 Å². The lowest BCUT2D eigenvalue weighted by atomic mass is 9.95. The molecule has 0 radical (unpaired) electrons. The second kappa shape index (κ2) is 4.63. The van der Waals surface area contributed by atoms with E-state index in [1.165, 1.54) is 0 Å². The normalized spacial score (nSPS) is 12.5. The Morgan fingerprint density at radius 1 is 1.47 bits per heavy atom. The number of hydrogen-bond donors (Lipinski definition) is 3. The molecule has 3 N–H and O–H groups in total. The highest BCUT2D eigenvalue weighted by molar-refractivity contribution is 6.04. The Morgan fingerprint density at radius 2 is 2.13 bits per heavy atom. The van der Waals surface area contributed by atoms with Crippen LogP contribution >= 0.6 is 0 Å². The Balaban J connectivity index is 2.69. The maximum atomic E-state index is 11.6. The summed E-state index contributed by atoms with van der Waals surface area (Å²) in [5.74, 6) is -2.35. The first-order valence-electron chi connectivity index (χ1n) is 4.69. The van der Waals surface area contributed by atoms with Crippen molar-refractivity contribution in [3.8, 4) is 0 Å². The largest absolute Gasteiger partial charge is 0.481 e. The zero-order valence-electron chi connectivity index (χ0n) is 8.65. The second-order valence-corrected chi connectivity index (χ2v) is 3.63. The predicted molar refractivity (Wildman–Crippen MR) is 55.4 cm³/mol. The number of aliphatic carboxylic acids is 1. The molecule has 1 heterocycles. The maximum Gasteiger partial charge on any atom is 0.316 e. The molecule has 0 saturated carbocycles. The minimum absolute atomic E-state index is 0.238. The van der Waals surface area contributed by atoms with Crippen molar-refractivity contribution in [2.75, 3.05) is 5.32 Å². The van der Waals surface area contributed by atoms with Gasteiger partial charge in [0.15, 0.2) is 0 Å². The number of carboxylic acids is 1. The molecule has 1 unspecified atom stereocenters. The average molecular weight is 210 g/mol. The summed E-state index contributed by atoms with van der Waals surface area (Å²) in [6, 6.07) is 3.39. The summed E-state index contributed by atoms with van der Waals surface area (Å²) in [5.41, 5.74) is 0. The van der Waals surface area contributed by atoms with Crippen LogP contribution in [0.1, 0.15) is 13.8 Å². The summed E-state index contributed by atoms with van der Waals surface area (Å²) in [7, 11) is 0. The number of hydrogen-bond acceptors (Lipinski definition) is 2. The topological polar surface area (TPSA) is 82.2 Å². The van der Waals surface area contributed by atoms with Gasteiger partial charge >= 0.3 is 5.97 Å². The Labute approximate surface area is 87.5 Å². The maximum absolute atomic E-state index is 11.6. The molecule has 5 nitrogen and oxygen atoms in total. The van der Waals surface area contributed by atoms with Crippen LogP contribution in [0.3, 0.4) is 0 Å². The van der Waals surface area contributed by atoms with E-state index >= 15 is 0 Å². The monoisotopic (exact) mass is 210 g/mol. The highest BCUT2D eigenvalue weighted by Crippen LogP contribution is 2.14. The molecule has 0 saturated heterocycles. The van der Waals surface area contributed by atoms with Gasteiger partial charge in [0.2, 0.25) is 5.91 Å². The lowest BCUT2D eigenvalue weighted by Crippen LogP contribution is -2.33. The van der Waals surface area contributed by atoms with E-state index in [4.69, 9.17) is 5.11 Å². The third-order valence-corrected chi connectivity index (χ3v) is 2.07. The molecule has 0 spiro atoms. The van der Waals surface area contributed by atoms with Crippen LogP contribution in [-0.2, 0) is 9.59 Å². The molecule has 1 aromatic rings. The first-order valence-corrected chi connectivity index (χ1v) is 4.69. The number of aromatic nitrogens is 1. The summed E-state index contributed by atoms with van der Waals surface area (Å²) in [6.45, 7) is 3.40. The van der Waals surface area contributed by atoms with Crippen LogP contribution in [0.15, 0.2) is 18.3 Å². The summed E-state index contributed by atoms with van der Waals surface area (Å²) in [6.07, 6.45) is 1.65. The number of aromatic amines is 1. The van der Waals surface area contributed by atoms with E-state index in [9.17, 15) is 9.59 Å². The standard InChI is InChI=1S/C10H14N2O3/c1-6(2)8(10(14)15)9(13)12-7-4-3-5-11-7/h3-6,8,11H,1-2H3,(H,12,13)(H,14,15). The van der Waals surface area contributed by atoms with Gasteiger partial charge in [-0.05, 0) is 18.1 Å². The van der Waals surface area contributed by atoms with Gasteiger partial charge in [0.1, 0.15) is 11.7 Å². The summed E-state index contributed by atoms with van der Waals surface area (Å²) in [5, 5.41) is 11.4. The van der Waals surface area contributed by atoms with Crippen molar-refractivity contribution < 1.29 is 14.7 Å². The Bertz CT molecular complexity index is 344. The number of H-pyrrole nitrogens is 1. The van der Waals surface area contributed by atoms with Crippen molar-refractivity contribution in [2.24, 2.45) is 11.8 Å². The number of amides is 1. The van der Waals surface area contributed by atoms with E-state index in [1.54, 1.807) is 32.2 Å². The molecule has 0 aliphatic carbocycles. The average Bonchev–Trinajstić information content (AvgIpc) is 2.54. The first kappa shape index (κ1) is 11.3. The Hall–Kier alpha value is -1.78. The molecular weight excluding hydrogens is 196 g/mol. The third-order valence-electron chi connectivity index (χ3n) is 2.07. The van der Waals surface area contributed by atoms with E-state index in [1.807, 2.05) is 0 Å². The fraction of sp³-hybridized carbons (Fsp3) is 0.400. The summed E-state index contributed by atoms with van der Waals surface area (Å²) in [4.78, 5) is 25.2. The number of carbonyl (C=O) groups excluding carboxylic acids is 1. The van der Waals surface area contributed by atoms with Gasteiger partial charge in [-0.3, -0.25) is 9.59 Å². The first-order chi connectivity index (χ1) is 7.02. The van der Waals surface area contributed by atoms with E-state index in [-0.39, 0.29) is 5.92 Å². The number of nitrogens with one attached hydrogen (secondary N) is 2. The fourth-order valence-electron chi connectivity index (χ4n) is 1.32. The van der Waals surface area contributed by atoms with Gasteiger partial charge in [-0.1, -0.05) is 13.8 Å². The van der Waals surface area contributed by atoms with E-state index in [0.717, 1.165) is 0 Å². The molecule has 0 bridgehead atoms. The van der Waals surface area contributed by atoms with Gasteiger partial charge in [-0.15, -0.1) is 0 Å². The minimum Gasteiger partial charge on any atom is -0.481 e. The molecule has 0 aromatic carbocycles. The molecule has 0 aliphatic rings. The molecule has 0 fully saturated rings. The molecule has 5 heteroatoms. The van der Waals surface area contributed by atoms with E-state index < -0.39 is 17.8 Å². The molecule has 15 heavy (non-hydrogen) atoms. The van der Waals surface area contributed by atoms with Crippen LogP contribution in [0, 0.1) is 11.8 Å². The van der Waals surface area contributed by atoms with Gasteiger partial charge in [-0.2, -0.15) is 0 Å². The van der Waals surface area contributed by atoms with Crippen molar-refractivity contribution in [1.82, 2.24) is 4.98 Å². The van der Waals surface area contributed by atoms with Crippen molar-refractivity contribution in [3.63, 3.8) is 0 Å². The van der Waals surface area contributed by atoms with Crippen molar-refractivity contribution in [2.45, 2.75) is 13.8 Å². The van der Waals surface area contributed by atoms with Crippen molar-refractivity contribution >= 4 is 17.7 Å². The van der Waals surface area contributed by atoms with Crippen LogP contribution in [0.2, 0.25) is 0 Å². The highest BCUT2D eigenvalue weighted by atomic mass is 16.4. The molecule has 1 atom stereocenters. The molecular formula is C10H14N2O3. The van der Waals surface area contributed by atoms with Crippen LogP contribution in [0.4, 0.5) is 5.82 Å². The zero-order chi connectivity index (χ0) is 11.4. The van der Waals surface area contributed by atoms with Crippen molar-refractivity contribution in [3.05, 3.63) is 18.3 Å². The lowest BCUT2D eigenvalue weighted by molar-refractivity contribution is -0.147. The number of carbonyl (C=O) groups is 2. The second-order valence-electron chi connectivity index (χ2n) is 3.63. The predicted octanol–water partition coefficient (Wildman–Crippen LogP) is 1.31. The van der Waals surface area contributed by atoms with Gasteiger partial charge in [0.25, 0.3) is 0 Å². The Kier molecular flexibility index (Phi) is 3.49. The summed E-state index contributed by atoms with van der Waals surface area (Å²) >= 11 is 0. The Morgan fingerprint density at radius 3 is 2.53 bits per heavy atom. The number of anilines is 1.